The fourth-order valence-electron chi connectivity index (χ4n) is 2.17. The van der Waals surface area contributed by atoms with Gasteiger partial charge in [0.15, 0.2) is 0 Å². The standard InChI is InChI=1S/C16H11FN4O4S/c17-26(22,23)25-16-3-1-15(2-4-16)24-9-13-5-12(8-18)6-14(7-13)21-11-19-10-20-21/h1-7,10-11H,9H2. The first kappa shape index (κ1) is 17.4. The van der Waals surface area contributed by atoms with Gasteiger partial charge in [-0.25, -0.2) is 9.67 Å². The summed E-state index contributed by atoms with van der Waals surface area (Å²) in [6, 6.07) is 12.6. The SMILES string of the molecule is N#Cc1cc(COc2ccc(OS(=O)(=O)F)cc2)cc(-n2cncn2)c1. The van der Waals surface area contributed by atoms with Gasteiger partial charge in [-0.05, 0) is 48.0 Å². The molecule has 0 aliphatic carbocycles. The maximum Gasteiger partial charge on any atom is 0.488 e. The molecule has 0 N–H and O–H groups in total. The third kappa shape index (κ3) is 4.55. The van der Waals surface area contributed by atoms with Crippen LogP contribution < -0.4 is 8.92 Å². The summed E-state index contributed by atoms with van der Waals surface area (Å²) >= 11 is 0. The lowest BCUT2D eigenvalue weighted by atomic mass is 10.1. The Hall–Kier alpha value is -3.45. The first-order valence-electron chi connectivity index (χ1n) is 7.19. The van der Waals surface area contributed by atoms with Crippen LogP contribution in [0.25, 0.3) is 5.69 Å². The van der Waals surface area contributed by atoms with Crippen LogP contribution in [-0.4, -0.2) is 23.2 Å². The molecule has 26 heavy (non-hydrogen) atoms. The summed E-state index contributed by atoms with van der Waals surface area (Å²) in [6.45, 7) is 0.152. The zero-order valence-corrected chi connectivity index (χ0v) is 13.9. The topological polar surface area (TPSA) is 107 Å². The van der Waals surface area contributed by atoms with E-state index in [4.69, 9.17) is 10.00 Å². The number of nitrogens with zero attached hydrogens (tertiary/aromatic N) is 4. The van der Waals surface area contributed by atoms with Gasteiger partial charge in [0.2, 0.25) is 0 Å². The zero-order valence-electron chi connectivity index (χ0n) is 13.1. The van der Waals surface area contributed by atoms with Crippen molar-refractivity contribution in [3.63, 3.8) is 0 Å². The van der Waals surface area contributed by atoms with Crippen LogP contribution in [0.15, 0.2) is 55.1 Å². The minimum atomic E-state index is -5.06. The summed E-state index contributed by atoms with van der Waals surface area (Å²) in [5.41, 5.74) is 1.83. The van der Waals surface area contributed by atoms with E-state index in [9.17, 15) is 12.3 Å². The van der Waals surface area contributed by atoms with Crippen molar-refractivity contribution in [2.45, 2.75) is 6.61 Å². The van der Waals surface area contributed by atoms with Gasteiger partial charge in [-0.2, -0.15) is 18.8 Å². The average molecular weight is 374 g/mol. The van der Waals surface area contributed by atoms with E-state index in [-0.39, 0.29) is 12.4 Å². The molecule has 0 bridgehead atoms. The molecule has 0 unspecified atom stereocenters. The maximum atomic E-state index is 12.5. The van der Waals surface area contributed by atoms with Crippen LogP contribution >= 0.6 is 0 Å². The number of halogens is 1. The molecule has 0 radical (unpaired) electrons. The molecule has 0 aliphatic heterocycles. The van der Waals surface area contributed by atoms with Gasteiger partial charge in [-0.1, -0.05) is 3.89 Å². The van der Waals surface area contributed by atoms with Crippen molar-refractivity contribution in [2.75, 3.05) is 0 Å². The van der Waals surface area contributed by atoms with Gasteiger partial charge in [-0.15, -0.1) is 0 Å². The maximum absolute atomic E-state index is 12.5. The van der Waals surface area contributed by atoms with Crippen molar-refractivity contribution in [1.29, 1.82) is 5.26 Å². The van der Waals surface area contributed by atoms with Crippen molar-refractivity contribution in [3.8, 4) is 23.3 Å². The third-order valence-corrected chi connectivity index (χ3v) is 3.61. The summed E-state index contributed by atoms with van der Waals surface area (Å²) in [5.74, 6) is 0.248. The summed E-state index contributed by atoms with van der Waals surface area (Å²) in [7, 11) is -5.06. The van der Waals surface area contributed by atoms with Crippen molar-refractivity contribution >= 4 is 10.5 Å². The first-order valence-corrected chi connectivity index (χ1v) is 8.50. The molecule has 3 rings (SSSR count). The molecule has 132 valence electrons. The van der Waals surface area contributed by atoms with Crippen LogP contribution in [0.4, 0.5) is 3.89 Å². The number of ether oxygens (including phenoxy) is 1. The molecule has 2 aromatic carbocycles. The number of hydrogen-bond donors (Lipinski definition) is 0. The van der Waals surface area contributed by atoms with E-state index in [1.165, 1.54) is 41.6 Å². The number of rotatable bonds is 6. The Morgan fingerprint density at radius 3 is 2.50 bits per heavy atom. The molecule has 0 fully saturated rings. The molecule has 1 aromatic heterocycles. The number of hydrogen-bond acceptors (Lipinski definition) is 7. The van der Waals surface area contributed by atoms with Gasteiger partial charge >= 0.3 is 10.5 Å². The van der Waals surface area contributed by atoms with Gasteiger partial charge in [0, 0.05) is 0 Å². The predicted molar refractivity (Wildman–Crippen MR) is 87.5 cm³/mol. The van der Waals surface area contributed by atoms with Crippen molar-refractivity contribution < 1.29 is 21.2 Å². The predicted octanol–water partition coefficient (Wildman–Crippen LogP) is 2.31. The van der Waals surface area contributed by atoms with Gasteiger partial charge in [0.05, 0.1) is 17.3 Å². The van der Waals surface area contributed by atoms with Crippen LogP contribution in [0.5, 0.6) is 11.5 Å². The van der Waals surface area contributed by atoms with E-state index < -0.39 is 10.5 Å². The van der Waals surface area contributed by atoms with Gasteiger partial charge < -0.3 is 8.92 Å². The lowest BCUT2D eigenvalue weighted by molar-refractivity contribution is 0.306. The Balaban J connectivity index is 1.73. The molecule has 0 aliphatic rings. The third-order valence-electron chi connectivity index (χ3n) is 3.21. The molecule has 0 saturated carbocycles. The summed E-state index contributed by atoms with van der Waals surface area (Å²) in [5, 5.41) is 13.2. The molecule has 8 nitrogen and oxygen atoms in total. The Kier molecular flexibility index (Phi) is 4.81. The average Bonchev–Trinajstić information content (AvgIpc) is 3.14. The highest BCUT2D eigenvalue weighted by Crippen LogP contribution is 2.21. The van der Waals surface area contributed by atoms with E-state index in [0.29, 0.717) is 17.0 Å². The summed E-state index contributed by atoms with van der Waals surface area (Å²) < 4.78 is 44.5. The second kappa shape index (κ2) is 7.20. The highest BCUT2D eigenvalue weighted by atomic mass is 32.3. The fraction of sp³-hybridized carbons (Fsp3) is 0.0625. The molecule has 1 heterocycles. The number of nitriles is 1. The molecule has 0 spiro atoms. The highest BCUT2D eigenvalue weighted by molar-refractivity contribution is 7.81. The Morgan fingerprint density at radius 2 is 1.88 bits per heavy atom. The van der Waals surface area contributed by atoms with Crippen molar-refractivity contribution in [2.24, 2.45) is 0 Å². The smallest absolute Gasteiger partial charge is 0.488 e. The normalized spacial score (nSPS) is 10.9. The summed E-state index contributed by atoms with van der Waals surface area (Å²) in [6.07, 6.45) is 2.90. The minimum absolute atomic E-state index is 0.152. The molecule has 0 atom stereocenters. The Labute approximate surface area is 148 Å². The van der Waals surface area contributed by atoms with Crippen molar-refractivity contribution in [1.82, 2.24) is 14.8 Å². The quantitative estimate of drug-likeness (QED) is 0.609. The van der Waals surface area contributed by atoms with E-state index >= 15 is 0 Å². The second-order valence-corrected chi connectivity index (χ2v) is 6.03. The molecular formula is C16H11FN4O4S. The van der Waals surface area contributed by atoms with Gasteiger partial charge in [0.1, 0.15) is 30.8 Å². The van der Waals surface area contributed by atoms with Gasteiger partial charge in [0.25, 0.3) is 0 Å². The van der Waals surface area contributed by atoms with E-state index in [1.54, 1.807) is 18.2 Å². The monoisotopic (exact) mass is 374 g/mol. The number of benzene rings is 2. The fourth-order valence-corrected chi connectivity index (χ4v) is 2.51. The summed E-state index contributed by atoms with van der Waals surface area (Å²) in [4.78, 5) is 3.87. The second-order valence-electron chi connectivity index (χ2n) is 5.08. The van der Waals surface area contributed by atoms with E-state index in [1.807, 2.05) is 0 Å². The minimum Gasteiger partial charge on any atom is -0.489 e. The Bertz CT molecular complexity index is 1040. The van der Waals surface area contributed by atoms with Crippen LogP contribution in [0.1, 0.15) is 11.1 Å². The van der Waals surface area contributed by atoms with Crippen LogP contribution in [-0.2, 0) is 17.1 Å². The molecule has 3 aromatic rings. The van der Waals surface area contributed by atoms with Crippen LogP contribution in [0.2, 0.25) is 0 Å². The molecule has 0 saturated heterocycles. The van der Waals surface area contributed by atoms with E-state index in [0.717, 1.165) is 5.56 Å². The van der Waals surface area contributed by atoms with E-state index in [2.05, 4.69) is 20.3 Å². The molecule has 10 heteroatoms. The highest BCUT2D eigenvalue weighted by Gasteiger charge is 2.09. The first-order chi connectivity index (χ1) is 12.4. The van der Waals surface area contributed by atoms with Crippen LogP contribution in [0.3, 0.4) is 0 Å². The number of aromatic nitrogens is 3. The lowest BCUT2D eigenvalue weighted by Gasteiger charge is -2.09. The molecule has 0 amide bonds. The Morgan fingerprint density at radius 1 is 1.15 bits per heavy atom. The van der Waals surface area contributed by atoms with Crippen LogP contribution in [0, 0.1) is 11.3 Å². The largest absolute Gasteiger partial charge is 0.489 e. The van der Waals surface area contributed by atoms with Gasteiger partial charge in [-0.3, -0.25) is 0 Å². The van der Waals surface area contributed by atoms with Crippen molar-refractivity contribution in [3.05, 3.63) is 66.2 Å². The lowest BCUT2D eigenvalue weighted by Crippen LogP contribution is -2.02. The molecular weight excluding hydrogens is 363 g/mol. The zero-order chi connectivity index (χ0) is 18.6.